The molecule has 3 fully saturated rings. The summed E-state index contributed by atoms with van der Waals surface area (Å²) in [6, 6.07) is 10.9. The highest BCUT2D eigenvalue weighted by Crippen LogP contribution is 2.47. The van der Waals surface area contributed by atoms with E-state index in [1.807, 2.05) is 0 Å². The van der Waals surface area contributed by atoms with E-state index < -0.39 is 0 Å². The summed E-state index contributed by atoms with van der Waals surface area (Å²) in [5, 5.41) is 7.12. The molecule has 2 heterocycles. The van der Waals surface area contributed by atoms with Gasteiger partial charge in [-0.25, -0.2) is 0 Å². The smallest absolute Gasteiger partial charge is 0.191 e. The Kier molecular flexibility index (Phi) is 6.48. The van der Waals surface area contributed by atoms with Crippen LogP contribution >= 0.6 is 11.8 Å². The number of hydrogen-bond acceptors (Lipinski definition) is 4. The molecule has 28 heavy (non-hydrogen) atoms. The van der Waals surface area contributed by atoms with Gasteiger partial charge in [-0.2, -0.15) is 11.8 Å². The summed E-state index contributed by atoms with van der Waals surface area (Å²) in [5.74, 6) is 3.40. The highest BCUT2D eigenvalue weighted by molar-refractivity contribution is 7.99. The number of thioether (sulfide) groups is 1. The molecule has 0 amide bonds. The van der Waals surface area contributed by atoms with Crippen LogP contribution in [-0.2, 0) is 10.2 Å². The molecule has 1 unspecified atom stereocenters. The van der Waals surface area contributed by atoms with Gasteiger partial charge >= 0.3 is 0 Å². The Hall–Kier alpha value is -1.24. The van der Waals surface area contributed by atoms with Crippen LogP contribution in [0.2, 0.25) is 0 Å². The monoisotopic (exact) mass is 402 g/mol. The Morgan fingerprint density at radius 2 is 1.93 bits per heavy atom. The molecule has 2 N–H and O–H groups in total. The fourth-order valence-corrected chi connectivity index (χ4v) is 5.91. The first-order chi connectivity index (χ1) is 13.8. The third kappa shape index (κ3) is 4.50. The second kappa shape index (κ2) is 9.06. The molecule has 4 rings (SSSR count). The third-order valence-corrected chi connectivity index (χ3v) is 7.71. The zero-order valence-corrected chi connectivity index (χ0v) is 17.9. The van der Waals surface area contributed by atoms with Crippen molar-refractivity contribution in [1.82, 2.24) is 15.5 Å². The number of nitrogens with zero attached hydrogens (tertiary/aromatic N) is 2. The first-order valence-electron chi connectivity index (χ1n) is 10.7. The van der Waals surface area contributed by atoms with E-state index in [1.165, 1.54) is 36.3 Å². The Morgan fingerprint density at radius 1 is 1.14 bits per heavy atom. The van der Waals surface area contributed by atoms with Gasteiger partial charge in [-0.05, 0) is 37.5 Å². The average molecular weight is 403 g/mol. The third-order valence-electron chi connectivity index (χ3n) is 6.47. The molecule has 6 heteroatoms. The zero-order chi connectivity index (χ0) is 19.3. The van der Waals surface area contributed by atoms with E-state index in [-0.39, 0.29) is 5.54 Å². The number of nitrogens with one attached hydrogen (secondary N) is 2. The Labute approximate surface area is 173 Å². The quantitative estimate of drug-likeness (QED) is 0.542. The van der Waals surface area contributed by atoms with E-state index in [1.54, 1.807) is 0 Å². The topological polar surface area (TPSA) is 48.9 Å². The molecule has 0 aromatic heterocycles. The maximum absolute atomic E-state index is 5.58. The van der Waals surface area contributed by atoms with Gasteiger partial charge in [-0.1, -0.05) is 30.3 Å². The number of ether oxygens (including phenoxy) is 1. The summed E-state index contributed by atoms with van der Waals surface area (Å²) in [5.41, 5.74) is 1.95. The van der Waals surface area contributed by atoms with Gasteiger partial charge in [0.15, 0.2) is 5.96 Å². The largest absolute Gasteiger partial charge is 0.379 e. The van der Waals surface area contributed by atoms with Gasteiger partial charge < -0.3 is 15.4 Å². The number of rotatable bonds is 7. The van der Waals surface area contributed by atoms with Crippen molar-refractivity contribution in [3.05, 3.63) is 35.9 Å². The van der Waals surface area contributed by atoms with Gasteiger partial charge in [0.1, 0.15) is 0 Å². The highest BCUT2D eigenvalue weighted by Gasteiger charge is 2.44. The molecule has 1 aliphatic carbocycles. The zero-order valence-electron chi connectivity index (χ0n) is 17.1. The van der Waals surface area contributed by atoms with Crippen molar-refractivity contribution in [2.24, 2.45) is 4.99 Å². The van der Waals surface area contributed by atoms with Gasteiger partial charge in [0, 0.05) is 37.3 Å². The van der Waals surface area contributed by atoms with Crippen molar-refractivity contribution >= 4 is 17.7 Å². The van der Waals surface area contributed by atoms with E-state index in [0.29, 0.717) is 5.41 Å². The number of hydrogen-bond donors (Lipinski definition) is 2. The van der Waals surface area contributed by atoms with E-state index in [0.717, 1.165) is 51.9 Å². The Bertz CT molecular complexity index is 650. The number of morpholine rings is 1. The van der Waals surface area contributed by atoms with Crippen LogP contribution in [0.25, 0.3) is 0 Å². The standard InChI is InChI=1S/C22H34N4OS/c1-2-23-20(24-16-21(8-9-21)19-6-4-3-5-7-19)25-17-22(10-15-28-18-22)26-11-13-27-14-12-26/h3-7H,2,8-18H2,1H3,(H2,23,24,25). The number of guanidine groups is 1. The van der Waals surface area contributed by atoms with Crippen LogP contribution in [-0.4, -0.2) is 73.8 Å². The van der Waals surface area contributed by atoms with Gasteiger partial charge in [-0.15, -0.1) is 0 Å². The molecular weight excluding hydrogens is 368 g/mol. The minimum absolute atomic E-state index is 0.202. The lowest BCUT2D eigenvalue weighted by Crippen LogP contribution is -2.56. The molecule has 0 bridgehead atoms. The molecule has 154 valence electrons. The number of benzene rings is 1. The van der Waals surface area contributed by atoms with Crippen molar-refractivity contribution in [3.8, 4) is 0 Å². The summed E-state index contributed by atoms with van der Waals surface area (Å²) in [4.78, 5) is 7.70. The van der Waals surface area contributed by atoms with Gasteiger partial charge in [0.05, 0.1) is 25.3 Å². The van der Waals surface area contributed by atoms with E-state index in [4.69, 9.17) is 9.73 Å². The predicted molar refractivity (Wildman–Crippen MR) is 118 cm³/mol. The van der Waals surface area contributed by atoms with Crippen molar-refractivity contribution in [1.29, 1.82) is 0 Å². The van der Waals surface area contributed by atoms with Crippen LogP contribution in [0.15, 0.2) is 35.3 Å². The summed E-state index contributed by atoms with van der Waals surface area (Å²) in [7, 11) is 0. The molecule has 3 aliphatic rings. The van der Waals surface area contributed by atoms with Crippen molar-refractivity contribution in [3.63, 3.8) is 0 Å². The van der Waals surface area contributed by atoms with Crippen LogP contribution in [0.5, 0.6) is 0 Å². The van der Waals surface area contributed by atoms with Gasteiger partial charge in [0.2, 0.25) is 0 Å². The average Bonchev–Trinajstić information content (AvgIpc) is 3.40. The first kappa shape index (κ1) is 20.0. The van der Waals surface area contributed by atoms with E-state index in [2.05, 4.69) is 64.6 Å². The van der Waals surface area contributed by atoms with Crippen molar-refractivity contribution in [2.45, 2.75) is 37.1 Å². The van der Waals surface area contributed by atoms with Crippen molar-refractivity contribution in [2.75, 3.05) is 57.4 Å². The fourth-order valence-electron chi connectivity index (χ4n) is 4.44. The predicted octanol–water partition coefficient (Wildman–Crippen LogP) is 2.48. The minimum atomic E-state index is 0.202. The van der Waals surface area contributed by atoms with Crippen LogP contribution in [0, 0.1) is 0 Å². The molecule has 2 aliphatic heterocycles. The second-order valence-corrected chi connectivity index (χ2v) is 9.43. The molecule has 1 saturated carbocycles. The minimum Gasteiger partial charge on any atom is -0.379 e. The second-order valence-electron chi connectivity index (χ2n) is 8.32. The summed E-state index contributed by atoms with van der Waals surface area (Å²) >= 11 is 2.07. The molecule has 1 aromatic carbocycles. The van der Waals surface area contributed by atoms with E-state index >= 15 is 0 Å². The molecule has 5 nitrogen and oxygen atoms in total. The Balaban J connectivity index is 1.41. The normalized spacial score (nSPS) is 27.5. The lowest BCUT2D eigenvalue weighted by Gasteiger charge is -2.42. The first-order valence-corrected chi connectivity index (χ1v) is 11.9. The lowest BCUT2D eigenvalue weighted by atomic mass is 9.95. The maximum atomic E-state index is 5.58. The highest BCUT2D eigenvalue weighted by atomic mass is 32.2. The molecule has 2 saturated heterocycles. The summed E-state index contributed by atoms with van der Waals surface area (Å²) in [6.45, 7) is 8.65. The van der Waals surface area contributed by atoms with Crippen LogP contribution in [0.1, 0.15) is 31.7 Å². The SMILES string of the molecule is CCNC(=NCC1(N2CCOCC2)CCSC1)NCC1(c2ccccc2)CC1. The van der Waals surface area contributed by atoms with Crippen LogP contribution < -0.4 is 10.6 Å². The summed E-state index contributed by atoms with van der Waals surface area (Å²) in [6.07, 6.45) is 3.75. The van der Waals surface area contributed by atoms with Crippen LogP contribution in [0.3, 0.4) is 0 Å². The van der Waals surface area contributed by atoms with Gasteiger partial charge in [0.25, 0.3) is 0 Å². The van der Waals surface area contributed by atoms with Gasteiger partial charge in [-0.3, -0.25) is 9.89 Å². The molecule has 0 spiro atoms. The maximum Gasteiger partial charge on any atom is 0.191 e. The number of aliphatic imine (C=N–C) groups is 1. The Morgan fingerprint density at radius 3 is 2.57 bits per heavy atom. The lowest BCUT2D eigenvalue weighted by molar-refractivity contribution is -0.0104. The molecule has 0 radical (unpaired) electrons. The summed E-state index contributed by atoms with van der Waals surface area (Å²) < 4.78 is 5.58. The van der Waals surface area contributed by atoms with Crippen molar-refractivity contribution < 1.29 is 4.74 Å². The fraction of sp³-hybridized carbons (Fsp3) is 0.682. The molecule has 1 atom stereocenters. The molecule has 1 aromatic rings. The molecular formula is C22H34N4OS. The van der Waals surface area contributed by atoms with Crippen LogP contribution in [0.4, 0.5) is 0 Å². The van der Waals surface area contributed by atoms with E-state index in [9.17, 15) is 0 Å².